The van der Waals surface area contributed by atoms with E-state index in [1.165, 1.54) is 11.8 Å². The van der Waals surface area contributed by atoms with Gasteiger partial charge in [0.15, 0.2) is 0 Å². The van der Waals surface area contributed by atoms with Crippen molar-refractivity contribution in [1.29, 1.82) is 0 Å². The minimum absolute atomic E-state index is 0.223. The second-order valence-electron chi connectivity index (χ2n) is 3.16. The second-order valence-corrected chi connectivity index (χ2v) is 5.13. The van der Waals surface area contributed by atoms with Crippen LogP contribution in [0.3, 0.4) is 0 Å². The molecule has 0 heterocycles. The average Bonchev–Trinajstić information content (AvgIpc) is 2.30. The number of aldehydes is 1. The van der Waals surface area contributed by atoms with Crippen LogP contribution >= 0.6 is 23.5 Å². The van der Waals surface area contributed by atoms with Gasteiger partial charge in [-0.05, 0) is 24.7 Å². The molecule has 0 aliphatic heterocycles. The monoisotopic (exact) mass is 263 g/mol. The fourth-order valence-electron chi connectivity index (χ4n) is 0.976. The lowest BCUT2D eigenvalue weighted by Crippen LogP contribution is -2.40. The third-order valence-electron chi connectivity index (χ3n) is 1.90. The van der Waals surface area contributed by atoms with Crippen LogP contribution in [0.2, 0.25) is 0 Å². The maximum absolute atomic E-state index is 11.3. The molecular formula is C10H17NO3S2. The standard InChI is InChI=1S/C10H17NO3S2/c1-15-5-3-8(7-12)11-10(14)9(13)4-6-16-2/h7-8H,3-6H2,1-2H3,(H,11,14). The Balaban J connectivity index is 3.98. The topological polar surface area (TPSA) is 63.2 Å². The summed E-state index contributed by atoms with van der Waals surface area (Å²) in [5.74, 6) is 0.309. The molecule has 92 valence electrons. The van der Waals surface area contributed by atoms with Crippen molar-refractivity contribution in [3.63, 3.8) is 0 Å². The highest BCUT2D eigenvalue weighted by atomic mass is 32.2. The number of hydrogen-bond donors (Lipinski definition) is 1. The minimum atomic E-state index is -0.646. The molecule has 0 aliphatic rings. The molecule has 1 amide bonds. The zero-order valence-corrected chi connectivity index (χ0v) is 11.2. The number of hydrogen-bond acceptors (Lipinski definition) is 5. The van der Waals surface area contributed by atoms with Crippen molar-refractivity contribution in [3.05, 3.63) is 0 Å². The van der Waals surface area contributed by atoms with Gasteiger partial charge in [0.1, 0.15) is 6.29 Å². The fourth-order valence-corrected chi connectivity index (χ4v) is 1.86. The van der Waals surface area contributed by atoms with E-state index in [4.69, 9.17) is 0 Å². The normalized spacial score (nSPS) is 11.9. The Hall–Kier alpha value is -0.490. The van der Waals surface area contributed by atoms with Gasteiger partial charge in [-0.25, -0.2) is 0 Å². The molecule has 0 aromatic carbocycles. The summed E-state index contributed by atoms with van der Waals surface area (Å²) in [4.78, 5) is 33.3. The third kappa shape index (κ3) is 6.90. The lowest BCUT2D eigenvalue weighted by molar-refractivity contribution is -0.138. The number of carbonyl (C=O) groups is 3. The molecular weight excluding hydrogens is 246 g/mol. The molecule has 0 fully saturated rings. The number of ketones is 1. The van der Waals surface area contributed by atoms with E-state index in [1.807, 2.05) is 12.5 Å². The van der Waals surface area contributed by atoms with E-state index in [0.717, 1.165) is 5.75 Å². The number of Topliss-reactive ketones (excluding diaryl/α,β-unsaturated/α-hetero) is 1. The Morgan fingerprint density at radius 1 is 1.25 bits per heavy atom. The summed E-state index contributed by atoms with van der Waals surface area (Å²) < 4.78 is 0. The van der Waals surface area contributed by atoms with Crippen molar-refractivity contribution in [2.75, 3.05) is 24.0 Å². The van der Waals surface area contributed by atoms with Crippen LogP contribution in [-0.2, 0) is 14.4 Å². The van der Waals surface area contributed by atoms with Crippen LogP contribution in [0.1, 0.15) is 12.8 Å². The van der Waals surface area contributed by atoms with Gasteiger partial charge in [0, 0.05) is 12.2 Å². The van der Waals surface area contributed by atoms with Crippen LogP contribution in [0, 0.1) is 0 Å². The van der Waals surface area contributed by atoms with Crippen LogP contribution in [0.4, 0.5) is 0 Å². The molecule has 0 bridgehead atoms. The van der Waals surface area contributed by atoms with Crippen LogP contribution in [0.25, 0.3) is 0 Å². The predicted octanol–water partition coefficient (Wildman–Crippen LogP) is 0.745. The van der Waals surface area contributed by atoms with Crippen molar-refractivity contribution in [2.45, 2.75) is 18.9 Å². The molecule has 16 heavy (non-hydrogen) atoms. The first-order valence-corrected chi connectivity index (χ1v) is 7.71. The molecule has 1 N–H and O–H groups in total. The maximum Gasteiger partial charge on any atom is 0.287 e. The van der Waals surface area contributed by atoms with E-state index in [1.54, 1.807) is 11.8 Å². The Bertz CT molecular complexity index is 246. The summed E-state index contributed by atoms with van der Waals surface area (Å²) >= 11 is 3.11. The van der Waals surface area contributed by atoms with Crippen molar-refractivity contribution in [1.82, 2.24) is 5.32 Å². The van der Waals surface area contributed by atoms with E-state index in [-0.39, 0.29) is 6.42 Å². The van der Waals surface area contributed by atoms with Gasteiger partial charge in [-0.15, -0.1) is 0 Å². The van der Waals surface area contributed by atoms with Crippen LogP contribution < -0.4 is 5.32 Å². The average molecular weight is 263 g/mol. The second kappa shape index (κ2) is 9.72. The number of amides is 1. The Morgan fingerprint density at radius 2 is 1.88 bits per heavy atom. The number of rotatable bonds is 9. The highest BCUT2D eigenvalue weighted by Crippen LogP contribution is 2.00. The zero-order valence-electron chi connectivity index (χ0n) is 9.52. The Labute approximate surface area is 104 Å². The smallest absolute Gasteiger partial charge is 0.287 e. The molecule has 0 aromatic rings. The van der Waals surface area contributed by atoms with Crippen molar-refractivity contribution < 1.29 is 14.4 Å². The quantitative estimate of drug-likeness (QED) is 0.491. The lowest BCUT2D eigenvalue weighted by atomic mass is 10.2. The molecule has 4 nitrogen and oxygen atoms in total. The first kappa shape index (κ1) is 15.5. The molecule has 1 unspecified atom stereocenters. The first-order chi connectivity index (χ1) is 7.65. The summed E-state index contributed by atoms with van der Waals surface area (Å²) in [5, 5.41) is 2.43. The number of nitrogens with one attached hydrogen (secondary N) is 1. The van der Waals surface area contributed by atoms with Gasteiger partial charge in [0.25, 0.3) is 5.91 Å². The van der Waals surface area contributed by atoms with Crippen molar-refractivity contribution in [3.8, 4) is 0 Å². The van der Waals surface area contributed by atoms with E-state index >= 15 is 0 Å². The van der Waals surface area contributed by atoms with Gasteiger partial charge in [-0.3, -0.25) is 9.59 Å². The summed E-state index contributed by atoms with van der Waals surface area (Å²) in [6.45, 7) is 0. The molecule has 0 saturated heterocycles. The Morgan fingerprint density at radius 3 is 2.38 bits per heavy atom. The molecule has 0 aromatic heterocycles. The molecule has 0 saturated carbocycles. The van der Waals surface area contributed by atoms with Crippen molar-refractivity contribution in [2.24, 2.45) is 0 Å². The van der Waals surface area contributed by atoms with E-state index < -0.39 is 17.7 Å². The van der Waals surface area contributed by atoms with Crippen LogP contribution in [0.15, 0.2) is 0 Å². The van der Waals surface area contributed by atoms with E-state index in [9.17, 15) is 14.4 Å². The van der Waals surface area contributed by atoms with Gasteiger partial charge in [-0.1, -0.05) is 0 Å². The largest absolute Gasteiger partial charge is 0.340 e. The lowest BCUT2D eigenvalue weighted by Gasteiger charge is -2.10. The third-order valence-corrected chi connectivity index (χ3v) is 3.16. The summed E-state index contributed by atoms with van der Waals surface area (Å²) in [6, 6.07) is -0.543. The van der Waals surface area contributed by atoms with E-state index in [0.29, 0.717) is 18.5 Å². The van der Waals surface area contributed by atoms with Gasteiger partial charge >= 0.3 is 0 Å². The maximum atomic E-state index is 11.3. The summed E-state index contributed by atoms with van der Waals surface area (Å²) in [5.41, 5.74) is 0. The van der Waals surface area contributed by atoms with Gasteiger partial charge < -0.3 is 10.1 Å². The van der Waals surface area contributed by atoms with Gasteiger partial charge in [0.05, 0.1) is 6.04 Å². The minimum Gasteiger partial charge on any atom is -0.340 e. The van der Waals surface area contributed by atoms with Crippen molar-refractivity contribution >= 4 is 41.5 Å². The van der Waals surface area contributed by atoms with Gasteiger partial charge in [0.2, 0.25) is 5.78 Å². The van der Waals surface area contributed by atoms with E-state index in [2.05, 4.69) is 5.32 Å². The van der Waals surface area contributed by atoms with Crippen LogP contribution in [-0.4, -0.2) is 48.0 Å². The number of thioether (sulfide) groups is 2. The number of carbonyl (C=O) groups excluding carboxylic acids is 3. The zero-order chi connectivity index (χ0) is 12.4. The van der Waals surface area contributed by atoms with Crippen LogP contribution in [0.5, 0.6) is 0 Å². The summed E-state index contributed by atoms with van der Waals surface area (Å²) in [7, 11) is 0. The summed E-state index contributed by atoms with van der Waals surface area (Å²) in [6.07, 6.45) is 5.26. The molecule has 0 rings (SSSR count). The predicted molar refractivity (Wildman–Crippen MR) is 69.0 cm³/mol. The fraction of sp³-hybridized carbons (Fsp3) is 0.700. The SMILES string of the molecule is CSCCC(=O)C(=O)NC(C=O)CCSC. The molecule has 0 aliphatic carbocycles. The van der Waals surface area contributed by atoms with Gasteiger partial charge in [-0.2, -0.15) is 23.5 Å². The first-order valence-electron chi connectivity index (χ1n) is 4.92. The molecule has 1 atom stereocenters. The highest BCUT2D eigenvalue weighted by Gasteiger charge is 2.17. The highest BCUT2D eigenvalue weighted by molar-refractivity contribution is 7.98. The molecule has 0 spiro atoms. The molecule has 6 heteroatoms. The molecule has 0 radical (unpaired) electrons. The Kier molecular flexibility index (Phi) is 9.42.